The summed E-state index contributed by atoms with van der Waals surface area (Å²) in [4.78, 5) is 2.67. The van der Waals surface area contributed by atoms with Crippen LogP contribution in [0.5, 0.6) is 0 Å². The highest BCUT2D eigenvalue weighted by Crippen LogP contribution is 2.37. The largest absolute Gasteiger partial charge is 0.303 e. The number of allylic oxidation sites excluding steroid dienone is 1. The molecule has 1 saturated heterocycles. The van der Waals surface area contributed by atoms with Gasteiger partial charge in [-0.15, -0.1) is 0 Å². The predicted octanol–water partition coefficient (Wildman–Crippen LogP) is 8.23. The number of fused-ring (bicyclic) bond motifs is 1. The molecule has 0 bridgehead atoms. The normalized spacial score (nSPS) is 18.7. The molecule has 0 aromatic heterocycles. The molecule has 1 heterocycles. The third kappa shape index (κ3) is 6.68. The van der Waals surface area contributed by atoms with Crippen molar-refractivity contribution in [2.24, 2.45) is 5.92 Å². The number of rotatable bonds is 5. The zero-order chi connectivity index (χ0) is 22.6. The molecular formula is C30H43N. The molecule has 1 heteroatoms. The number of likely N-dealkylation sites (tertiary alicyclic amines) is 1. The molecule has 0 saturated carbocycles. The maximum atomic E-state index is 4.46. The van der Waals surface area contributed by atoms with Crippen molar-refractivity contribution < 1.29 is 0 Å². The Bertz CT molecular complexity index is 796. The number of aryl methyl sites for hydroxylation is 1. The van der Waals surface area contributed by atoms with E-state index in [-0.39, 0.29) is 0 Å². The van der Waals surface area contributed by atoms with E-state index in [9.17, 15) is 0 Å². The Morgan fingerprint density at radius 2 is 1.61 bits per heavy atom. The second-order valence-corrected chi connectivity index (χ2v) is 8.20. The molecule has 2 aromatic rings. The topological polar surface area (TPSA) is 3.24 Å². The minimum absolute atomic E-state index is 0.638. The lowest BCUT2D eigenvalue weighted by atomic mass is 9.78. The average Bonchev–Trinajstić information content (AvgIpc) is 2.87. The van der Waals surface area contributed by atoms with E-state index in [1.54, 1.807) is 0 Å². The van der Waals surface area contributed by atoms with Gasteiger partial charge in [-0.3, -0.25) is 0 Å². The Hall–Kier alpha value is -2.12. The van der Waals surface area contributed by atoms with Gasteiger partial charge < -0.3 is 4.90 Å². The molecule has 0 radical (unpaired) electrons. The van der Waals surface area contributed by atoms with E-state index in [4.69, 9.17) is 0 Å². The molecule has 0 spiro atoms. The van der Waals surface area contributed by atoms with Gasteiger partial charge in [0, 0.05) is 0 Å². The summed E-state index contributed by atoms with van der Waals surface area (Å²) in [7, 11) is 0. The van der Waals surface area contributed by atoms with E-state index in [1.807, 2.05) is 33.8 Å². The van der Waals surface area contributed by atoms with Crippen molar-refractivity contribution in [1.29, 1.82) is 0 Å². The fourth-order valence-corrected chi connectivity index (χ4v) is 4.86. The van der Waals surface area contributed by atoms with Gasteiger partial charge in [0.15, 0.2) is 0 Å². The molecule has 1 unspecified atom stereocenters. The molecule has 1 nitrogen and oxygen atoms in total. The quantitative estimate of drug-likeness (QED) is 0.473. The number of piperidine rings is 1. The summed E-state index contributed by atoms with van der Waals surface area (Å²) in [6.07, 6.45) is 8.20. The van der Waals surface area contributed by atoms with Crippen molar-refractivity contribution in [3.63, 3.8) is 0 Å². The second kappa shape index (κ2) is 13.3. The third-order valence-electron chi connectivity index (χ3n) is 6.62. The lowest BCUT2D eigenvalue weighted by Crippen LogP contribution is -2.34. The second-order valence-electron chi connectivity index (χ2n) is 8.20. The summed E-state index contributed by atoms with van der Waals surface area (Å²) in [6, 6.07) is 17.8. The number of nitrogens with zero attached hydrogens (tertiary/aromatic N) is 1. The fourth-order valence-electron chi connectivity index (χ4n) is 4.86. The SMILES string of the molecule is C=Cc1ccc2c(c1)CCC(CCN1CCC(c3ccccc3)CC1)C2=C.CC.CC. The summed E-state index contributed by atoms with van der Waals surface area (Å²) < 4.78 is 0. The first-order valence-electron chi connectivity index (χ1n) is 12.5. The van der Waals surface area contributed by atoms with Gasteiger partial charge in [0.2, 0.25) is 0 Å². The first-order valence-corrected chi connectivity index (χ1v) is 12.5. The lowest BCUT2D eigenvalue weighted by molar-refractivity contribution is 0.202. The van der Waals surface area contributed by atoms with Crippen molar-refractivity contribution >= 4 is 11.6 Å². The van der Waals surface area contributed by atoms with Crippen LogP contribution in [0.1, 0.15) is 81.5 Å². The molecule has 168 valence electrons. The van der Waals surface area contributed by atoms with E-state index in [2.05, 4.69) is 66.6 Å². The fraction of sp³-hybridized carbons (Fsp3) is 0.467. The summed E-state index contributed by atoms with van der Waals surface area (Å²) in [5, 5.41) is 0. The Kier molecular flexibility index (Phi) is 10.8. The van der Waals surface area contributed by atoms with Crippen LogP contribution in [-0.2, 0) is 6.42 Å². The van der Waals surface area contributed by atoms with Crippen LogP contribution in [0.2, 0.25) is 0 Å². The maximum Gasteiger partial charge on any atom is -0.00129 e. The Morgan fingerprint density at radius 1 is 0.935 bits per heavy atom. The first kappa shape index (κ1) is 25.1. The van der Waals surface area contributed by atoms with Crippen molar-refractivity contribution in [3.8, 4) is 0 Å². The van der Waals surface area contributed by atoms with Gasteiger partial charge >= 0.3 is 0 Å². The zero-order valence-electron chi connectivity index (χ0n) is 20.4. The van der Waals surface area contributed by atoms with Gasteiger partial charge in [-0.2, -0.15) is 0 Å². The van der Waals surface area contributed by atoms with E-state index in [1.165, 1.54) is 79.6 Å². The average molecular weight is 418 g/mol. The number of hydrogen-bond donors (Lipinski definition) is 0. The minimum atomic E-state index is 0.638. The van der Waals surface area contributed by atoms with Crippen molar-refractivity contribution in [1.82, 2.24) is 4.90 Å². The van der Waals surface area contributed by atoms with E-state index >= 15 is 0 Å². The monoisotopic (exact) mass is 417 g/mol. The van der Waals surface area contributed by atoms with E-state index in [0.717, 1.165) is 5.92 Å². The maximum absolute atomic E-state index is 4.46. The highest BCUT2D eigenvalue weighted by atomic mass is 15.1. The van der Waals surface area contributed by atoms with Crippen LogP contribution < -0.4 is 0 Å². The van der Waals surface area contributed by atoms with Gasteiger partial charge in [0.1, 0.15) is 0 Å². The molecule has 0 amide bonds. The van der Waals surface area contributed by atoms with Gasteiger partial charge in [-0.25, -0.2) is 0 Å². The van der Waals surface area contributed by atoms with Crippen LogP contribution in [0, 0.1) is 5.92 Å². The Morgan fingerprint density at radius 3 is 2.26 bits per heavy atom. The molecular weight excluding hydrogens is 374 g/mol. The lowest BCUT2D eigenvalue weighted by Gasteiger charge is -2.34. The molecule has 2 aromatic carbocycles. The summed E-state index contributed by atoms with van der Waals surface area (Å²) in [5.41, 5.74) is 6.94. The van der Waals surface area contributed by atoms with Crippen molar-refractivity contribution in [3.05, 3.63) is 83.9 Å². The van der Waals surface area contributed by atoms with Crippen LogP contribution in [0.3, 0.4) is 0 Å². The highest BCUT2D eigenvalue weighted by molar-refractivity contribution is 5.71. The third-order valence-corrected chi connectivity index (χ3v) is 6.62. The molecule has 1 aliphatic heterocycles. The molecule has 1 atom stereocenters. The van der Waals surface area contributed by atoms with Gasteiger partial charge in [0.25, 0.3) is 0 Å². The van der Waals surface area contributed by atoms with E-state index in [0.29, 0.717) is 5.92 Å². The Balaban J connectivity index is 0.000000807. The predicted molar refractivity (Wildman–Crippen MR) is 140 cm³/mol. The smallest absolute Gasteiger partial charge is 0.00129 e. The van der Waals surface area contributed by atoms with Crippen LogP contribution in [0.4, 0.5) is 0 Å². The van der Waals surface area contributed by atoms with Crippen LogP contribution >= 0.6 is 0 Å². The summed E-state index contributed by atoms with van der Waals surface area (Å²) in [6.45, 7) is 20.0. The van der Waals surface area contributed by atoms with Gasteiger partial charge in [-0.1, -0.05) is 95.5 Å². The minimum Gasteiger partial charge on any atom is -0.303 e. The number of hydrogen-bond acceptors (Lipinski definition) is 1. The first-order chi connectivity index (χ1) is 15.2. The summed E-state index contributed by atoms with van der Waals surface area (Å²) in [5.74, 6) is 1.39. The van der Waals surface area contributed by atoms with Crippen LogP contribution in [0.15, 0.2) is 61.7 Å². The van der Waals surface area contributed by atoms with Crippen LogP contribution in [-0.4, -0.2) is 24.5 Å². The van der Waals surface area contributed by atoms with Crippen LogP contribution in [0.25, 0.3) is 11.6 Å². The van der Waals surface area contributed by atoms with Gasteiger partial charge in [0.05, 0.1) is 0 Å². The zero-order valence-corrected chi connectivity index (χ0v) is 20.4. The van der Waals surface area contributed by atoms with Crippen molar-refractivity contribution in [2.45, 2.75) is 65.7 Å². The molecule has 1 aliphatic carbocycles. The molecule has 0 N–H and O–H groups in total. The molecule has 31 heavy (non-hydrogen) atoms. The van der Waals surface area contributed by atoms with E-state index < -0.39 is 0 Å². The number of benzene rings is 2. The standard InChI is InChI=1S/C26H31N.2C2H6/c1-3-21-9-12-26-20(2)22(10-11-25(26)19-21)13-16-27-17-14-24(15-18-27)23-7-5-4-6-8-23;2*1-2/h3-9,12,19,22,24H,1-2,10-11,13-18H2;2*1-2H3. The molecule has 4 rings (SSSR count). The molecule has 1 fully saturated rings. The molecule has 2 aliphatic rings. The summed E-state index contributed by atoms with van der Waals surface area (Å²) >= 11 is 0. The van der Waals surface area contributed by atoms with Gasteiger partial charge in [-0.05, 0) is 91.4 Å². The Labute approximate surface area is 191 Å². The van der Waals surface area contributed by atoms with Crippen molar-refractivity contribution in [2.75, 3.05) is 19.6 Å². The highest BCUT2D eigenvalue weighted by Gasteiger charge is 2.25.